The second kappa shape index (κ2) is 6.73. The van der Waals surface area contributed by atoms with E-state index in [4.69, 9.17) is 0 Å². The molecule has 2 aromatic carbocycles. The van der Waals surface area contributed by atoms with Crippen LogP contribution in [0.3, 0.4) is 0 Å². The van der Waals surface area contributed by atoms with Crippen molar-refractivity contribution in [2.24, 2.45) is 0 Å². The lowest BCUT2D eigenvalue weighted by Crippen LogP contribution is -2.28. The molecule has 0 aromatic heterocycles. The first-order chi connectivity index (χ1) is 10.8. The van der Waals surface area contributed by atoms with Crippen LogP contribution in [-0.2, 0) is 10.0 Å². The summed E-state index contributed by atoms with van der Waals surface area (Å²) in [4.78, 5) is 11.3. The second-order valence-electron chi connectivity index (χ2n) is 5.18. The molecule has 2 rings (SSSR count). The number of sulfonamides is 1. The van der Waals surface area contributed by atoms with Gasteiger partial charge in [0.2, 0.25) is 10.0 Å². The van der Waals surface area contributed by atoms with Gasteiger partial charge in [0, 0.05) is 5.56 Å². The maximum atomic E-state index is 12.4. The van der Waals surface area contributed by atoms with E-state index in [0.717, 1.165) is 5.56 Å². The van der Waals surface area contributed by atoms with Crippen molar-refractivity contribution in [3.05, 3.63) is 65.2 Å². The van der Waals surface area contributed by atoms with Crippen LogP contribution in [0.2, 0.25) is 0 Å². The molecule has 0 saturated heterocycles. The van der Waals surface area contributed by atoms with Crippen LogP contribution in [-0.4, -0.2) is 14.2 Å². The molecular weight excluding hydrogens is 312 g/mol. The number of carbonyl (C=O) groups is 1. The fourth-order valence-electron chi connectivity index (χ4n) is 2.03. The fraction of sp³-hybridized carbons (Fsp3) is 0.176. The Balaban J connectivity index is 2.32. The molecule has 0 saturated carbocycles. The van der Waals surface area contributed by atoms with Gasteiger partial charge in [0.25, 0.3) is 0 Å². The molecule has 0 aliphatic rings. The Hall–Kier alpha value is -2.49. The fourth-order valence-corrected chi connectivity index (χ4v) is 3.21. The highest BCUT2D eigenvalue weighted by Crippen LogP contribution is 2.18. The Morgan fingerprint density at radius 2 is 1.83 bits per heavy atom. The molecular formula is C17H16N2O3S. The molecule has 0 amide bonds. The number of aryl methyl sites for hydroxylation is 1. The molecule has 0 radical (unpaired) electrons. The van der Waals surface area contributed by atoms with Gasteiger partial charge in [-0.05, 0) is 31.5 Å². The second-order valence-corrected chi connectivity index (χ2v) is 6.89. The first-order valence-electron chi connectivity index (χ1n) is 6.93. The number of rotatable bonds is 5. The summed E-state index contributed by atoms with van der Waals surface area (Å²) in [6.07, 6.45) is 0. The van der Waals surface area contributed by atoms with Gasteiger partial charge in [-0.1, -0.05) is 42.0 Å². The summed E-state index contributed by atoms with van der Waals surface area (Å²) in [6, 6.07) is 13.7. The molecule has 0 heterocycles. The van der Waals surface area contributed by atoms with E-state index < -0.39 is 16.1 Å². The quantitative estimate of drug-likeness (QED) is 0.855. The zero-order chi connectivity index (χ0) is 17.0. The zero-order valence-corrected chi connectivity index (χ0v) is 13.6. The van der Waals surface area contributed by atoms with Crippen LogP contribution in [0.1, 0.15) is 34.5 Å². The SMILES string of the molecule is CC(=O)c1cccc(S(=O)(=O)NC(C#N)c2ccc(C)cc2)c1. The number of Topliss-reactive ketones (excluding diaryl/α,β-unsaturated/α-hetero) is 1. The molecule has 0 aliphatic carbocycles. The number of hydrogen-bond donors (Lipinski definition) is 1. The number of nitrogens with one attached hydrogen (secondary N) is 1. The highest BCUT2D eigenvalue weighted by molar-refractivity contribution is 7.89. The summed E-state index contributed by atoms with van der Waals surface area (Å²) in [5.41, 5.74) is 1.88. The molecule has 2 aromatic rings. The minimum Gasteiger partial charge on any atom is -0.295 e. The molecule has 1 atom stereocenters. The molecule has 0 fully saturated rings. The number of nitriles is 1. The van der Waals surface area contributed by atoms with E-state index in [1.807, 2.05) is 25.1 Å². The number of benzene rings is 2. The van der Waals surface area contributed by atoms with Crippen molar-refractivity contribution in [3.63, 3.8) is 0 Å². The standard InChI is InChI=1S/C17H16N2O3S/c1-12-6-8-14(9-7-12)17(11-18)19-23(21,22)16-5-3-4-15(10-16)13(2)20/h3-10,17,19H,1-2H3. The molecule has 118 valence electrons. The van der Waals surface area contributed by atoms with Crippen LogP contribution < -0.4 is 4.72 Å². The molecule has 0 bridgehead atoms. The van der Waals surface area contributed by atoms with Crippen molar-refractivity contribution in [2.45, 2.75) is 24.8 Å². The predicted molar refractivity (Wildman–Crippen MR) is 86.3 cm³/mol. The van der Waals surface area contributed by atoms with E-state index in [1.54, 1.807) is 18.2 Å². The Bertz CT molecular complexity index is 865. The molecule has 23 heavy (non-hydrogen) atoms. The van der Waals surface area contributed by atoms with Gasteiger partial charge < -0.3 is 0 Å². The predicted octanol–water partition coefficient (Wildman–Crippen LogP) is 2.74. The Kier molecular flexibility index (Phi) is 4.94. The molecule has 0 spiro atoms. The van der Waals surface area contributed by atoms with Crippen LogP contribution in [0.25, 0.3) is 0 Å². The highest BCUT2D eigenvalue weighted by Gasteiger charge is 2.21. The van der Waals surface area contributed by atoms with E-state index in [0.29, 0.717) is 11.1 Å². The van der Waals surface area contributed by atoms with E-state index in [1.165, 1.54) is 25.1 Å². The number of carbonyl (C=O) groups excluding carboxylic acids is 1. The van der Waals surface area contributed by atoms with Gasteiger partial charge >= 0.3 is 0 Å². The van der Waals surface area contributed by atoms with Crippen molar-refractivity contribution < 1.29 is 13.2 Å². The summed E-state index contributed by atoms with van der Waals surface area (Å²) in [5, 5.41) is 9.27. The van der Waals surface area contributed by atoms with Gasteiger partial charge in [-0.15, -0.1) is 0 Å². The number of nitrogens with zero attached hydrogens (tertiary/aromatic N) is 1. The summed E-state index contributed by atoms with van der Waals surface area (Å²) in [5.74, 6) is -0.225. The Morgan fingerprint density at radius 1 is 1.17 bits per heavy atom. The van der Waals surface area contributed by atoms with Gasteiger partial charge in [0.05, 0.1) is 11.0 Å². The number of hydrogen-bond acceptors (Lipinski definition) is 4. The van der Waals surface area contributed by atoms with E-state index in [2.05, 4.69) is 4.72 Å². The Morgan fingerprint density at radius 3 is 2.39 bits per heavy atom. The van der Waals surface area contributed by atoms with Crippen molar-refractivity contribution in [1.82, 2.24) is 4.72 Å². The lowest BCUT2D eigenvalue weighted by atomic mass is 10.1. The van der Waals surface area contributed by atoms with Gasteiger partial charge in [-0.25, -0.2) is 8.42 Å². The van der Waals surface area contributed by atoms with Gasteiger partial charge in [-0.2, -0.15) is 9.98 Å². The maximum absolute atomic E-state index is 12.4. The van der Waals surface area contributed by atoms with Crippen molar-refractivity contribution >= 4 is 15.8 Å². The van der Waals surface area contributed by atoms with Gasteiger partial charge in [-0.3, -0.25) is 4.79 Å². The summed E-state index contributed by atoms with van der Waals surface area (Å²) >= 11 is 0. The summed E-state index contributed by atoms with van der Waals surface area (Å²) in [6.45, 7) is 3.27. The normalized spacial score (nSPS) is 12.4. The van der Waals surface area contributed by atoms with E-state index in [-0.39, 0.29) is 10.7 Å². The molecule has 1 unspecified atom stereocenters. The van der Waals surface area contributed by atoms with Crippen LogP contribution in [0.15, 0.2) is 53.4 Å². The van der Waals surface area contributed by atoms with Crippen molar-refractivity contribution in [1.29, 1.82) is 5.26 Å². The van der Waals surface area contributed by atoms with Gasteiger partial charge in [0.15, 0.2) is 5.78 Å². The lowest BCUT2D eigenvalue weighted by Gasteiger charge is -2.13. The maximum Gasteiger partial charge on any atom is 0.242 e. The van der Waals surface area contributed by atoms with Crippen LogP contribution in [0.5, 0.6) is 0 Å². The third-order valence-electron chi connectivity index (χ3n) is 3.36. The molecule has 0 aliphatic heterocycles. The number of ketones is 1. The average molecular weight is 328 g/mol. The van der Waals surface area contributed by atoms with Crippen LogP contribution >= 0.6 is 0 Å². The topological polar surface area (TPSA) is 87.0 Å². The average Bonchev–Trinajstić information content (AvgIpc) is 2.53. The van der Waals surface area contributed by atoms with Crippen LogP contribution in [0.4, 0.5) is 0 Å². The lowest BCUT2D eigenvalue weighted by molar-refractivity contribution is 0.101. The monoisotopic (exact) mass is 328 g/mol. The van der Waals surface area contributed by atoms with Crippen molar-refractivity contribution in [3.8, 4) is 6.07 Å². The smallest absolute Gasteiger partial charge is 0.242 e. The summed E-state index contributed by atoms with van der Waals surface area (Å²) in [7, 11) is -3.91. The zero-order valence-electron chi connectivity index (χ0n) is 12.8. The Labute approximate surface area is 135 Å². The van der Waals surface area contributed by atoms with Gasteiger partial charge in [0.1, 0.15) is 6.04 Å². The van der Waals surface area contributed by atoms with E-state index in [9.17, 15) is 18.5 Å². The first-order valence-corrected chi connectivity index (χ1v) is 8.41. The minimum atomic E-state index is -3.91. The molecule has 5 nitrogen and oxygen atoms in total. The molecule has 6 heteroatoms. The third kappa shape index (κ3) is 4.03. The first kappa shape index (κ1) is 16.9. The third-order valence-corrected chi connectivity index (χ3v) is 4.78. The highest BCUT2D eigenvalue weighted by atomic mass is 32.2. The largest absolute Gasteiger partial charge is 0.295 e. The van der Waals surface area contributed by atoms with E-state index >= 15 is 0 Å². The van der Waals surface area contributed by atoms with Crippen LogP contribution in [0, 0.1) is 18.3 Å². The molecule has 1 N–H and O–H groups in total. The minimum absolute atomic E-state index is 0.0439. The summed E-state index contributed by atoms with van der Waals surface area (Å²) < 4.78 is 27.2. The van der Waals surface area contributed by atoms with Crippen molar-refractivity contribution in [2.75, 3.05) is 0 Å².